The highest BCUT2D eigenvalue weighted by atomic mass is 15.1. The molecule has 4 heteroatoms. The van der Waals surface area contributed by atoms with Crippen molar-refractivity contribution in [1.29, 1.82) is 0 Å². The fourth-order valence-corrected chi connectivity index (χ4v) is 1.96. The topological polar surface area (TPSA) is 41.0 Å². The molecule has 0 unspecified atom stereocenters. The van der Waals surface area contributed by atoms with Gasteiger partial charge in [-0.05, 0) is 37.1 Å². The van der Waals surface area contributed by atoms with Crippen molar-refractivity contribution in [2.45, 2.75) is 19.4 Å². The third-order valence-corrected chi connectivity index (χ3v) is 2.97. The minimum absolute atomic E-state index is 0.333. The summed E-state index contributed by atoms with van der Waals surface area (Å²) < 4.78 is 0. The van der Waals surface area contributed by atoms with E-state index in [1.165, 1.54) is 11.3 Å². The number of benzene rings is 1. The average molecular weight is 256 g/mol. The number of aromatic nitrogens is 2. The van der Waals surface area contributed by atoms with Crippen LogP contribution in [0, 0.1) is 0 Å². The monoisotopic (exact) mass is 256 g/mol. The number of rotatable bonds is 5. The van der Waals surface area contributed by atoms with Crippen LogP contribution in [0.2, 0.25) is 0 Å². The van der Waals surface area contributed by atoms with Gasteiger partial charge in [-0.25, -0.2) is 9.97 Å². The normalized spacial score (nSPS) is 11.9. The Bertz CT molecular complexity index is 493. The molecule has 0 aliphatic rings. The van der Waals surface area contributed by atoms with Gasteiger partial charge in [0.1, 0.15) is 12.1 Å². The molecule has 0 fully saturated rings. The third kappa shape index (κ3) is 3.95. The minimum Gasteiger partial charge on any atom is -0.378 e. The fraction of sp³-hybridized carbons (Fsp3) is 0.333. The van der Waals surface area contributed by atoms with E-state index in [-0.39, 0.29) is 0 Å². The Balaban J connectivity index is 1.93. The van der Waals surface area contributed by atoms with E-state index in [1.54, 1.807) is 12.5 Å². The summed E-state index contributed by atoms with van der Waals surface area (Å²) in [6.45, 7) is 2.15. The predicted molar refractivity (Wildman–Crippen MR) is 79.6 cm³/mol. The second-order valence-corrected chi connectivity index (χ2v) is 4.91. The number of hydrogen-bond acceptors (Lipinski definition) is 4. The lowest BCUT2D eigenvalue weighted by atomic mass is 10.1. The molecule has 19 heavy (non-hydrogen) atoms. The van der Waals surface area contributed by atoms with Crippen LogP contribution >= 0.6 is 0 Å². The molecule has 0 saturated heterocycles. The summed E-state index contributed by atoms with van der Waals surface area (Å²) in [4.78, 5) is 10.2. The average Bonchev–Trinajstić information content (AvgIpc) is 2.40. The van der Waals surface area contributed by atoms with Crippen molar-refractivity contribution in [3.63, 3.8) is 0 Å². The van der Waals surface area contributed by atoms with Crippen molar-refractivity contribution in [3.8, 4) is 0 Å². The van der Waals surface area contributed by atoms with E-state index < -0.39 is 0 Å². The summed E-state index contributed by atoms with van der Waals surface area (Å²) in [5, 5.41) is 3.37. The molecule has 1 heterocycles. The van der Waals surface area contributed by atoms with Crippen LogP contribution in [0.15, 0.2) is 42.9 Å². The molecule has 100 valence electrons. The van der Waals surface area contributed by atoms with Gasteiger partial charge >= 0.3 is 0 Å². The second-order valence-electron chi connectivity index (χ2n) is 4.91. The van der Waals surface area contributed by atoms with Gasteiger partial charge in [0.25, 0.3) is 0 Å². The quantitative estimate of drug-likeness (QED) is 0.892. The van der Waals surface area contributed by atoms with Gasteiger partial charge in [0, 0.05) is 32.0 Å². The highest BCUT2D eigenvalue weighted by molar-refractivity contribution is 5.46. The van der Waals surface area contributed by atoms with Crippen molar-refractivity contribution >= 4 is 11.5 Å². The Morgan fingerprint density at radius 1 is 1.16 bits per heavy atom. The van der Waals surface area contributed by atoms with Crippen LogP contribution in [0.1, 0.15) is 12.5 Å². The van der Waals surface area contributed by atoms with Crippen LogP contribution in [0.25, 0.3) is 0 Å². The van der Waals surface area contributed by atoms with Gasteiger partial charge in [-0.15, -0.1) is 0 Å². The Morgan fingerprint density at radius 2 is 1.89 bits per heavy atom. The second kappa shape index (κ2) is 6.18. The molecule has 4 nitrogen and oxygen atoms in total. The number of anilines is 2. The number of nitrogens with zero attached hydrogens (tertiary/aromatic N) is 3. The van der Waals surface area contributed by atoms with Crippen molar-refractivity contribution in [2.75, 3.05) is 24.3 Å². The molecule has 1 N–H and O–H groups in total. The first-order valence-electron chi connectivity index (χ1n) is 6.44. The van der Waals surface area contributed by atoms with Gasteiger partial charge in [-0.1, -0.05) is 12.1 Å². The van der Waals surface area contributed by atoms with E-state index >= 15 is 0 Å². The van der Waals surface area contributed by atoms with E-state index in [1.807, 2.05) is 20.2 Å². The van der Waals surface area contributed by atoms with E-state index in [2.05, 4.69) is 51.4 Å². The summed E-state index contributed by atoms with van der Waals surface area (Å²) in [6, 6.07) is 10.9. The van der Waals surface area contributed by atoms with Crippen LogP contribution in [0.3, 0.4) is 0 Å². The van der Waals surface area contributed by atoms with E-state index in [0.717, 1.165) is 12.2 Å². The van der Waals surface area contributed by atoms with Crippen LogP contribution in [0.5, 0.6) is 0 Å². The predicted octanol–water partition coefficient (Wildman–Crippen LogP) is 2.59. The molecule has 2 rings (SSSR count). The summed E-state index contributed by atoms with van der Waals surface area (Å²) in [7, 11) is 4.10. The summed E-state index contributed by atoms with van der Waals surface area (Å²) in [5.74, 6) is 0.868. The van der Waals surface area contributed by atoms with E-state index in [9.17, 15) is 0 Å². The highest BCUT2D eigenvalue weighted by Crippen LogP contribution is 2.14. The summed E-state index contributed by atoms with van der Waals surface area (Å²) >= 11 is 0. The number of hydrogen-bond donors (Lipinski definition) is 1. The molecule has 0 aliphatic heterocycles. The first-order chi connectivity index (χ1) is 9.15. The van der Waals surface area contributed by atoms with E-state index in [4.69, 9.17) is 0 Å². The minimum atomic E-state index is 0.333. The van der Waals surface area contributed by atoms with Crippen LogP contribution in [-0.2, 0) is 6.42 Å². The Hall–Kier alpha value is -2.10. The first-order valence-corrected chi connectivity index (χ1v) is 6.44. The third-order valence-electron chi connectivity index (χ3n) is 2.97. The van der Waals surface area contributed by atoms with E-state index in [0.29, 0.717) is 6.04 Å². The van der Waals surface area contributed by atoms with Gasteiger partial charge in [0.15, 0.2) is 0 Å². The molecular formula is C15H20N4. The largest absolute Gasteiger partial charge is 0.378 e. The zero-order valence-corrected chi connectivity index (χ0v) is 11.7. The molecule has 0 saturated carbocycles. The molecule has 1 aromatic carbocycles. The Kier molecular flexibility index (Phi) is 4.34. The van der Waals surface area contributed by atoms with Gasteiger partial charge in [-0.2, -0.15) is 0 Å². The maximum absolute atomic E-state index is 4.17. The fourth-order valence-electron chi connectivity index (χ4n) is 1.96. The molecule has 0 bridgehead atoms. The van der Waals surface area contributed by atoms with Crippen LogP contribution < -0.4 is 10.2 Å². The lowest BCUT2D eigenvalue weighted by molar-refractivity contribution is 0.783. The maximum Gasteiger partial charge on any atom is 0.129 e. The van der Waals surface area contributed by atoms with Gasteiger partial charge in [0.05, 0.1) is 0 Å². The zero-order chi connectivity index (χ0) is 13.7. The van der Waals surface area contributed by atoms with Crippen LogP contribution in [-0.4, -0.2) is 30.1 Å². The molecule has 0 radical (unpaired) electrons. The number of nitrogens with one attached hydrogen (secondary N) is 1. The molecule has 2 aromatic rings. The molecule has 1 aromatic heterocycles. The lowest BCUT2D eigenvalue weighted by Crippen LogP contribution is -2.18. The van der Waals surface area contributed by atoms with Crippen molar-refractivity contribution in [3.05, 3.63) is 48.4 Å². The summed E-state index contributed by atoms with van der Waals surface area (Å²) in [5.41, 5.74) is 2.54. The standard InChI is InChI=1S/C15H20N4/c1-12(18-15-8-9-16-11-17-15)10-13-4-6-14(7-5-13)19(2)3/h4-9,11-12H,10H2,1-3H3,(H,16,17,18)/t12-/m0/s1. The van der Waals surface area contributed by atoms with Gasteiger partial charge in [0.2, 0.25) is 0 Å². The van der Waals surface area contributed by atoms with Crippen molar-refractivity contribution in [1.82, 2.24) is 9.97 Å². The van der Waals surface area contributed by atoms with Gasteiger partial charge < -0.3 is 10.2 Å². The molecule has 1 atom stereocenters. The SMILES string of the molecule is C[C@@H](Cc1ccc(N(C)C)cc1)Nc1ccncn1. The summed E-state index contributed by atoms with van der Waals surface area (Å²) in [6.07, 6.45) is 4.27. The van der Waals surface area contributed by atoms with Crippen LogP contribution in [0.4, 0.5) is 11.5 Å². The van der Waals surface area contributed by atoms with Gasteiger partial charge in [-0.3, -0.25) is 0 Å². The molecular weight excluding hydrogens is 236 g/mol. The lowest BCUT2D eigenvalue weighted by Gasteiger charge is -2.16. The molecule has 0 amide bonds. The molecule has 0 spiro atoms. The van der Waals surface area contributed by atoms with Crippen molar-refractivity contribution in [2.24, 2.45) is 0 Å². The zero-order valence-electron chi connectivity index (χ0n) is 11.7. The smallest absolute Gasteiger partial charge is 0.129 e. The Labute approximate surface area is 114 Å². The first kappa shape index (κ1) is 13.3. The molecule has 0 aliphatic carbocycles. The Morgan fingerprint density at radius 3 is 2.47 bits per heavy atom. The maximum atomic E-state index is 4.17. The highest BCUT2D eigenvalue weighted by Gasteiger charge is 2.04. The van der Waals surface area contributed by atoms with Crippen molar-refractivity contribution < 1.29 is 0 Å².